The average molecular weight is 204 g/mol. The van der Waals surface area contributed by atoms with Gasteiger partial charge in [-0.2, -0.15) is 5.10 Å². The number of aryl methyl sites for hydroxylation is 1. The predicted octanol–water partition coefficient (Wildman–Crippen LogP) is 1.25. The van der Waals surface area contributed by atoms with Gasteiger partial charge >= 0.3 is 0 Å². The van der Waals surface area contributed by atoms with Crippen LogP contribution in [0.1, 0.15) is 25.0 Å². The third-order valence-electron chi connectivity index (χ3n) is 2.07. The van der Waals surface area contributed by atoms with Gasteiger partial charge in [-0.1, -0.05) is 25.1 Å². The Balaban J connectivity index is 2.95. The van der Waals surface area contributed by atoms with E-state index in [1.54, 1.807) is 0 Å². The highest BCUT2D eigenvalue weighted by Crippen LogP contribution is 2.07. The molecule has 4 heteroatoms. The molecule has 0 saturated heterocycles. The van der Waals surface area contributed by atoms with Crippen molar-refractivity contribution < 1.29 is 0 Å². The summed E-state index contributed by atoms with van der Waals surface area (Å²) in [7, 11) is 0. The quantitative estimate of drug-likeness (QED) is 0.441. The van der Waals surface area contributed by atoms with Crippen LogP contribution in [-0.4, -0.2) is 11.7 Å². The predicted molar refractivity (Wildman–Crippen MR) is 63.8 cm³/mol. The summed E-state index contributed by atoms with van der Waals surface area (Å²) in [6, 6.07) is 8.15. The Morgan fingerprint density at radius 3 is 2.60 bits per heavy atom. The maximum absolute atomic E-state index is 5.20. The minimum absolute atomic E-state index is 0.0269. The molecule has 0 aromatic heterocycles. The van der Waals surface area contributed by atoms with Crippen molar-refractivity contribution in [2.24, 2.45) is 21.7 Å². The lowest BCUT2D eigenvalue weighted by Gasteiger charge is -2.01. The number of benzene rings is 1. The van der Waals surface area contributed by atoms with Crippen molar-refractivity contribution in [3.8, 4) is 0 Å². The zero-order valence-electron chi connectivity index (χ0n) is 9.07. The summed E-state index contributed by atoms with van der Waals surface area (Å²) in [6.45, 7) is 3.99. The van der Waals surface area contributed by atoms with E-state index < -0.39 is 0 Å². The van der Waals surface area contributed by atoms with Crippen LogP contribution in [0.25, 0.3) is 0 Å². The number of nitrogens with two attached hydrogens (primary N) is 2. The van der Waals surface area contributed by atoms with Gasteiger partial charge in [-0.05, 0) is 30.5 Å². The first-order chi connectivity index (χ1) is 7.13. The summed E-state index contributed by atoms with van der Waals surface area (Å²) in [5.41, 5.74) is 13.5. The second-order valence-electron chi connectivity index (χ2n) is 3.26. The molecular weight excluding hydrogens is 188 g/mol. The fourth-order valence-electron chi connectivity index (χ4n) is 1.21. The Morgan fingerprint density at radius 1 is 1.27 bits per heavy atom. The van der Waals surface area contributed by atoms with Gasteiger partial charge in [0.05, 0.1) is 5.71 Å². The van der Waals surface area contributed by atoms with Crippen LogP contribution in [0.5, 0.6) is 0 Å². The molecule has 1 aromatic carbocycles. The van der Waals surface area contributed by atoms with Gasteiger partial charge in [-0.25, -0.2) is 0 Å². The largest absolute Gasteiger partial charge is 0.369 e. The van der Waals surface area contributed by atoms with Crippen molar-refractivity contribution in [1.29, 1.82) is 0 Å². The van der Waals surface area contributed by atoms with E-state index in [1.807, 2.05) is 19.1 Å². The Labute approximate surface area is 89.7 Å². The molecule has 0 amide bonds. The van der Waals surface area contributed by atoms with Gasteiger partial charge in [0.15, 0.2) is 0 Å². The van der Waals surface area contributed by atoms with Crippen LogP contribution in [0, 0.1) is 0 Å². The highest BCUT2D eigenvalue weighted by atomic mass is 15.3. The second-order valence-corrected chi connectivity index (χ2v) is 3.26. The second kappa shape index (κ2) is 5.14. The van der Waals surface area contributed by atoms with Gasteiger partial charge in [0.25, 0.3) is 0 Å². The summed E-state index contributed by atoms with van der Waals surface area (Å²) in [6.07, 6.45) is 1.00. The van der Waals surface area contributed by atoms with E-state index >= 15 is 0 Å². The molecule has 0 unspecified atom stereocenters. The minimum Gasteiger partial charge on any atom is -0.369 e. The van der Waals surface area contributed by atoms with Gasteiger partial charge in [0.1, 0.15) is 0 Å². The molecule has 0 radical (unpaired) electrons. The Kier molecular flexibility index (Phi) is 3.85. The summed E-state index contributed by atoms with van der Waals surface area (Å²) >= 11 is 0. The summed E-state index contributed by atoms with van der Waals surface area (Å²) in [5.74, 6) is -0.0269. The van der Waals surface area contributed by atoms with Crippen molar-refractivity contribution in [3.63, 3.8) is 0 Å². The van der Waals surface area contributed by atoms with E-state index in [0.29, 0.717) is 0 Å². The molecule has 0 bridgehead atoms. The van der Waals surface area contributed by atoms with Crippen LogP contribution in [0.3, 0.4) is 0 Å². The van der Waals surface area contributed by atoms with Crippen molar-refractivity contribution in [2.45, 2.75) is 20.3 Å². The first-order valence-corrected chi connectivity index (χ1v) is 4.86. The van der Waals surface area contributed by atoms with Gasteiger partial charge in [-0.3, -0.25) is 0 Å². The third-order valence-corrected chi connectivity index (χ3v) is 2.07. The maximum Gasteiger partial charge on any atom is 0.211 e. The van der Waals surface area contributed by atoms with Gasteiger partial charge < -0.3 is 11.5 Å². The normalized spacial score (nSPS) is 11.2. The lowest BCUT2D eigenvalue weighted by Crippen LogP contribution is -2.22. The summed E-state index contributed by atoms with van der Waals surface area (Å²) in [5, 5.41) is 7.54. The molecule has 0 saturated carbocycles. The van der Waals surface area contributed by atoms with Crippen LogP contribution in [0.4, 0.5) is 0 Å². The van der Waals surface area contributed by atoms with Gasteiger partial charge in [0.2, 0.25) is 5.96 Å². The lowest BCUT2D eigenvalue weighted by atomic mass is 10.1. The highest BCUT2D eigenvalue weighted by Gasteiger charge is 1.97. The molecule has 4 nitrogen and oxygen atoms in total. The van der Waals surface area contributed by atoms with E-state index in [2.05, 4.69) is 29.3 Å². The van der Waals surface area contributed by atoms with Crippen LogP contribution in [0.15, 0.2) is 34.5 Å². The zero-order valence-corrected chi connectivity index (χ0v) is 9.07. The SMILES string of the molecule is CCc1cccc(C(C)=NN=C(N)N)c1. The molecule has 0 spiro atoms. The van der Waals surface area contributed by atoms with E-state index in [9.17, 15) is 0 Å². The number of guanidine groups is 1. The first-order valence-electron chi connectivity index (χ1n) is 4.86. The molecule has 0 atom stereocenters. The Hall–Kier alpha value is -1.84. The van der Waals surface area contributed by atoms with Crippen LogP contribution < -0.4 is 11.5 Å². The summed E-state index contributed by atoms with van der Waals surface area (Å²) in [4.78, 5) is 0. The molecule has 80 valence electrons. The van der Waals surface area contributed by atoms with Crippen LogP contribution in [0.2, 0.25) is 0 Å². The number of nitrogens with zero attached hydrogens (tertiary/aromatic N) is 2. The van der Waals surface area contributed by atoms with E-state index in [0.717, 1.165) is 17.7 Å². The molecular formula is C11H16N4. The number of rotatable bonds is 3. The molecule has 0 aliphatic carbocycles. The first kappa shape index (κ1) is 11.2. The highest BCUT2D eigenvalue weighted by molar-refractivity contribution is 5.99. The molecule has 15 heavy (non-hydrogen) atoms. The van der Waals surface area contributed by atoms with E-state index in [1.165, 1.54) is 5.56 Å². The Bertz CT molecular complexity index is 389. The number of hydrogen-bond donors (Lipinski definition) is 2. The lowest BCUT2D eigenvalue weighted by molar-refractivity contribution is 1.13. The minimum atomic E-state index is -0.0269. The van der Waals surface area contributed by atoms with Crippen molar-refractivity contribution in [1.82, 2.24) is 0 Å². The molecule has 4 N–H and O–H groups in total. The topological polar surface area (TPSA) is 76.8 Å². The van der Waals surface area contributed by atoms with E-state index in [-0.39, 0.29) is 5.96 Å². The molecule has 0 fully saturated rings. The molecule has 0 heterocycles. The molecule has 0 aliphatic heterocycles. The standard InChI is InChI=1S/C11H16N4/c1-3-9-5-4-6-10(7-9)8(2)14-15-11(12)13/h4-7H,3H2,1-2H3,(H4,12,13,15). The number of hydrogen-bond acceptors (Lipinski definition) is 2. The van der Waals surface area contributed by atoms with Gasteiger partial charge in [-0.15, -0.1) is 5.10 Å². The maximum atomic E-state index is 5.20. The summed E-state index contributed by atoms with van der Waals surface area (Å²) < 4.78 is 0. The van der Waals surface area contributed by atoms with Crippen molar-refractivity contribution in [3.05, 3.63) is 35.4 Å². The Morgan fingerprint density at radius 2 is 2.00 bits per heavy atom. The van der Waals surface area contributed by atoms with Crippen LogP contribution >= 0.6 is 0 Å². The fourth-order valence-corrected chi connectivity index (χ4v) is 1.21. The van der Waals surface area contributed by atoms with E-state index in [4.69, 9.17) is 11.5 Å². The molecule has 0 aliphatic rings. The van der Waals surface area contributed by atoms with Crippen molar-refractivity contribution in [2.75, 3.05) is 0 Å². The van der Waals surface area contributed by atoms with Gasteiger partial charge in [0, 0.05) is 0 Å². The molecule has 1 rings (SSSR count). The third kappa shape index (κ3) is 3.42. The van der Waals surface area contributed by atoms with Crippen LogP contribution in [-0.2, 0) is 6.42 Å². The fraction of sp³-hybridized carbons (Fsp3) is 0.273. The average Bonchev–Trinajstić information content (AvgIpc) is 2.26. The smallest absolute Gasteiger partial charge is 0.211 e. The zero-order chi connectivity index (χ0) is 11.3. The monoisotopic (exact) mass is 204 g/mol. The molecule has 1 aromatic rings. The van der Waals surface area contributed by atoms with Crippen molar-refractivity contribution >= 4 is 11.7 Å².